The lowest BCUT2D eigenvalue weighted by Crippen LogP contribution is -2.32. The van der Waals surface area contributed by atoms with E-state index < -0.39 is 11.5 Å². The Morgan fingerprint density at radius 3 is 2.25 bits per heavy atom. The number of nitrogens with one attached hydrogen (secondary N) is 1. The van der Waals surface area contributed by atoms with Gasteiger partial charge in [-0.15, -0.1) is 12.4 Å². The quantitative estimate of drug-likeness (QED) is 0.802. The van der Waals surface area contributed by atoms with E-state index in [-0.39, 0.29) is 31.1 Å². The molecule has 16 heavy (non-hydrogen) atoms. The van der Waals surface area contributed by atoms with Crippen LogP contribution in [-0.2, 0) is 5.54 Å². The van der Waals surface area contributed by atoms with E-state index in [2.05, 4.69) is 5.32 Å². The minimum absolute atomic E-state index is 0. The summed E-state index contributed by atoms with van der Waals surface area (Å²) in [4.78, 5) is 0. The molecule has 0 aliphatic carbocycles. The summed E-state index contributed by atoms with van der Waals surface area (Å²) in [6.45, 7) is 1.46. The maximum absolute atomic E-state index is 13.1. The van der Waals surface area contributed by atoms with Gasteiger partial charge in [-0.25, -0.2) is 8.78 Å². The van der Waals surface area contributed by atoms with E-state index in [1.165, 1.54) is 12.1 Å². The molecule has 1 aromatic carbocycles. The molecule has 5 heteroatoms. The van der Waals surface area contributed by atoms with Crippen molar-refractivity contribution in [2.45, 2.75) is 24.8 Å². The van der Waals surface area contributed by atoms with Crippen molar-refractivity contribution in [1.29, 1.82) is 0 Å². The highest BCUT2D eigenvalue weighted by molar-refractivity contribution is 5.85. The highest BCUT2D eigenvalue weighted by Gasteiger charge is 2.47. The first kappa shape index (κ1) is 13.2. The van der Waals surface area contributed by atoms with Crippen LogP contribution in [0.1, 0.15) is 18.9 Å². The number of aromatic hydroxyl groups is 1. The van der Waals surface area contributed by atoms with E-state index in [1.54, 1.807) is 19.1 Å². The van der Waals surface area contributed by atoms with Crippen LogP contribution < -0.4 is 5.32 Å². The fourth-order valence-corrected chi connectivity index (χ4v) is 2.00. The molecule has 2 rings (SSSR count). The summed E-state index contributed by atoms with van der Waals surface area (Å²) in [5, 5.41) is 11.9. The van der Waals surface area contributed by atoms with Crippen molar-refractivity contribution in [3.05, 3.63) is 29.8 Å². The molecule has 1 aliphatic heterocycles. The summed E-state index contributed by atoms with van der Waals surface area (Å²) in [6, 6.07) is 6.37. The van der Waals surface area contributed by atoms with Crippen LogP contribution in [0.5, 0.6) is 5.75 Å². The largest absolute Gasteiger partial charge is 0.508 e. The van der Waals surface area contributed by atoms with Crippen LogP contribution in [0, 0.1) is 0 Å². The molecule has 1 aliphatic rings. The van der Waals surface area contributed by atoms with Gasteiger partial charge in [0.2, 0.25) is 0 Å². The molecule has 2 nitrogen and oxygen atoms in total. The van der Waals surface area contributed by atoms with Gasteiger partial charge in [-0.2, -0.15) is 0 Å². The Balaban J connectivity index is 0.00000128. The SMILES string of the molecule is CC1(c2ccc(O)cc2)CC(F)(F)CN1.Cl. The second kappa shape index (κ2) is 4.18. The number of alkyl halides is 2. The summed E-state index contributed by atoms with van der Waals surface area (Å²) in [7, 11) is 0. The van der Waals surface area contributed by atoms with E-state index in [9.17, 15) is 8.78 Å². The molecule has 1 saturated heterocycles. The molecule has 1 atom stereocenters. The lowest BCUT2D eigenvalue weighted by Gasteiger charge is -2.24. The van der Waals surface area contributed by atoms with Crippen molar-refractivity contribution in [1.82, 2.24) is 5.32 Å². The van der Waals surface area contributed by atoms with Gasteiger partial charge in [-0.1, -0.05) is 12.1 Å². The van der Waals surface area contributed by atoms with Gasteiger partial charge in [0.05, 0.1) is 6.54 Å². The molecular formula is C11H14ClF2NO. The first-order chi connectivity index (χ1) is 6.91. The number of benzene rings is 1. The molecule has 0 saturated carbocycles. The van der Waals surface area contributed by atoms with Gasteiger partial charge in [0, 0.05) is 12.0 Å². The van der Waals surface area contributed by atoms with Crippen molar-refractivity contribution < 1.29 is 13.9 Å². The highest BCUT2D eigenvalue weighted by Crippen LogP contribution is 2.39. The summed E-state index contributed by atoms with van der Waals surface area (Å²) >= 11 is 0. The zero-order valence-electron chi connectivity index (χ0n) is 8.84. The summed E-state index contributed by atoms with van der Waals surface area (Å²) in [5.41, 5.74) is 0.0782. The molecule has 1 unspecified atom stereocenters. The lowest BCUT2D eigenvalue weighted by molar-refractivity contribution is 0.0165. The number of hydrogen-bond donors (Lipinski definition) is 2. The van der Waals surface area contributed by atoms with Crippen molar-refractivity contribution >= 4 is 12.4 Å². The van der Waals surface area contributed by atoms with Crippen LogP contribution in [0.2, 0.25) is 0 Å². The standard InChI is InChI=1S/C11H13F2NO.ClH/c1-10(6-11(12,13)7-14-10)8-2-4-9(15)5-3-8;/h2-5,14-15H,6-7H2,1H3;1H. The van der Waals surface area contributed by atoms with E-state index in [1.807, 2.05) is 0 Å². The van der Waals surface area contributed by atoms with E-state index in [0.717, 1.165) is 5.56 Å². The number of hydrogen-bond acceptors (Lipinski definition) is 2. The number of rotatable bonds is 1. The van der Waals surface area contributed by atoms with E-state index in [0.29, 0.717) is 0 Å². The third kappa shape index (κ3) is 2.44. The van der Waals surface area contributed by atoms with E-state index >= 15 is 0 Å². The van der Waals surface area contributed by atoms with Crippen molar-refractivity contribution in [3.8, 4) is 5.75 Å². The fourth-order valence-electron chi connectivity index (χ4n) is 2.00. The molecule has 0 amide bonds. The molecule has 90 valence electrons. The Hall–Kier alpha value is -0.870. The lowest BCUT2D eigenvalue weighted by atomic mass is 9.90. The number of phenolic OH excluding ortho intramolecular Hbond substituents is 1. The molecule has 0 aromatic heterocycles. The molecule has 0 radical (unpaired) electrons. The maximum Gasteiger partial charge on any atom is 0.262 e. The maximum atomic E-state index is 13.1. The first-order valence-electron chi connectivity index (χ1n) is 4.84. The Labute approximate surface area is 99.1 Å². The Kier molecular flexibility index (Phi) is 3.45. The summed E-state index contributed by atoms with van der Waals surface area (Å²) < 4.78 is 26.2. The first-order valence-corrected chi connectivity index (χ1v) is 4.84. The monoisotopic (exact) mass is 249 g/mol. The van der Waals surface area contributed by atoms with Gasteiger partial charge in [0.25, 0.3) is 5.92 Å². The normalized spacial score (nSPS) is 27.4. The van der Waals surface area contributed by atoms with Gasteiger partial charge in [0.15, 0.2) is 0 Å². The molecule has 1 fully saturated rings. The zero-order chi connectivity index (χ0) is 11.1. The van der Waals surface area contributed by atoms with Gasteiger partial charge in [-0.05, 0) is 24.6 Å². The molecule has 0 spiro atoms. The molecule has 1 heterocycles. The summed E-state index contributed by atoms with van der Waals surface area (Å²) in [5.74, 6) is -2.50. The van der Waals surface area contributed by atoms with Crippen LogP contribution in [0.25, 0.3) is 0 Å². The average molecular weight is 250 g/mol. The smallest absolute Gasteiger partial charge is 0.262 e. The molecular weight excluding hydrogens is 236 g/mol. The van der Waals surface area contributed by atoms with Crippen LogP contribution in [0.3, 0.4) is 0 Å². The Morgan fingerprint density at radius 1 is 1.25 bits per heavy atom. The zero-order valence-corrected chi connectivity index (χ0v) is 9.65. The van der Waals surface area contributed by atoms with E-state index in [4.69, 9.17) is 5.11 Å². The highest BCUT2D eigenvalue weighted by atomic mass is 35.5. The molecule has 2 N–H and O–H groups in total. The van der Waals surface area contributed by atoms with Crippen LogP contribution in [0.4, 0.5) is 8.78 Å². The number of phenols is 1. The van der Waals surface area contributed by atoms with Crippen LogP contribution in [-0.4, -0.2) is 17.6 Å². The van der Waals surface area contributed by atoms with Crippen molar-refractivity contribution in [3.63, 3.8) is 0 Å². The van der Waals surface area contributed by atoms with Crippen LogP contribution in [0.15, 0.2) is 24.3 Å². The van der Waals surface area contributed by atoms with Crippen molar-refractivity contribution in [2.75, 3.05) is 6.54 Å². The Bertz CT molecular complexity index is 369. The van der Waals surface area contributed by atoms with Gasteiger partial charge >= 0.3 is 0 Å². The van der Waals surface area contributed by atoms with Gasteiger partial charge in [-0.3, -0.25) is 0 Å². The van der Waals surface area contributed by atoms with Gasteiger partial charge < -0.3 is 10.4 Å². The Morgan fingerprint density at radius 2 is 1.81 bits per heavy atom. The van der Waals surface area contributed by atoms with Crippen molar-refractivity contribution in [2.24, 2.45) is 0 Å². The predicted molar refractivity (Wildman–Crippen MR) is 60.3 cm³/mol. The third-order valence-corrected chi connectivity index (χ3v) is 2.85. The summed E-state index contributed by atoms with van der Waals surface area (Å²) in [6.07, 6.45) is -0.204. The second-order valence-electron chi connectivity index (χ2n) is 4.27. The average Bonchev–Trinajstić information content (AvgIpc) is 2.43. The third-order valence-electron chi connectivity index (χ3n) is 2.85. The fraction of sp³-hybridized carbons (Fsp3) is 0.455. The second-order valence-corrected chi connectivity index (χ2v) is 4.27. The molecule has 1 aromatic rings. The topological polar surface area (TPSA) is 32.3 Å². The van der Waals surface area contributed by atoms with Crippen LogP contribution >= 0.6 is 12.4 Å². The minimum Gasteiger partial charge on any atom is -0.508 e. The molecule has 0 bridgehead atoms. The van der Waals surface area contributed by atoms with Gasteiger partial charge in [0.1, 0.15) is 5.75 Å². The number of halogens is 3. The predicted octanol–water partition coefficient (Wildman–Crippen LogP) is 2.66. The minimum atomic E-state index is -2.65.